The average Bonchev–Trinajstić information content (AvgIpc) is 3.43. The van der Waals surface area contributed by atoms with E-state index < -0.39 is 0 Å². The summed E-state index contributed by atoms with van der Waals surface area (Å²) in [5.74, 6) is 7.14. The first-order valence-corrected chi connectivity index (χ1v) is 13.8. The number of aryl methyl sites for hydroxylation is 1. The molecule has 0 aliphatic heterocycles. The molecule has 0 amide bonds. The molecule has 0 fully saturated rings. The first-order chi connectivity index (χ1) is 19.8. The van der Waals surface area contributed by atoms with Gasteiger partial charge in [0.2, 0.25) is 0 Å². The quantitative estimate of drug-likeness (QED) is 0.234. The Balaban J connectivity index is 1.39. The van der Waals surface area contributed by atoms with Gasteiger partial charge < -0.3 is 4.98 Å². The van der Waals surface area contributed by atoms with Gasteiger partial charge in [-0.3, -0.25) is 9.36 Å². The summed E-state index contributed by atoms with van der Waals surface area (Å²) in [6.07, 6.45) is 5.84. The third-order valence-corrected chi connectivity index (χ3v) is 7.34. The zero-order valence-corrected chi connectivity index (χ0v) is 23.7. The Morgan fingerprint density at radius 3 is 2.37 bits per heavy atom. The van der Waals surface area contributed by atoms with Crippen LogP contribution in [0.1, 0.15) is 54.4 Å². The molecule has 6 aromatic rings. The molecule has 1 N–H and O–H groups in total. The lowest BCUT2D eigenvalue weighted by Gasteiger charge is -2.18. The molecule has 41 heavy (non-hydrogen) atoms. The van der Waals surface area contributed by atoms with Gasteiger partial charge in [0.15, 0.2) is 0 Å². The summed E-state index contributed by atoms with van der Waals surface area (Å²) < 4.78 is 1.70. The van der Waals surface area contributed by atoms with E-state index >= 15 is 0 Å². The number of rotatable bonds is 3. The topological polar surface area (TPSA) is 50.7 Å². The summed E-state index contributed by atoms with van der Waals surface area (Å²) in [5.41, 5.74) is 7.68. The lowest BCUT2D eigenvalue weighted by molar-refractivity contribution is 0.590. The molecule has 4 heteroatoms. The van der Waals surface area contributed by atoms with E-state index in [4.69, 9.17) is 4.98 Å². The number of aromatic amines is 1. The highest BCUT2D eigenvalue weighted by Crippen LogP contribution is 2.23. The Labute approximate surface area is 240 Å². The molecule has 0 saturated carbocycles. The molecular weight excluding hydrogens is 502 g/mol. The second-order valence-corrected chi connectivity index (χ2v) is 11.4. The van der Waals surface area contributed by atoms with Crippen molar-refractivity contribution in [2.75, 3.05) is 0 Å². The van der Waals surface area contributed by atoms with Crippen molar-refractivity contribution in [1.29, 1.82) is 0 Å². The molecule has 0 radical (unpaired) electrons. The number of nitrogens with one attached hydrogen (secondary N) is 1. The summed E-state index contributed by atoms with van der Waals surface area (Å²) >= 11 is 0. The second kappa shape index (κ2) is 10.4. The molecule has 4 aromatic carbocycles. The highest BCUT2D eigenvalue weighted by molar-refractivity contribution is 5.84. The molecule has 2 aromatic heterocycles. The van der Waals surface area contributed by atoms with Gasteiger partial charge in [-0.1, -0.05) is 69.0 Å². The van der Waals surface area contributed by atoms with Crippen LogP contribution in [0.4, 0.5) is 0 Å². The molecule has 0 bridgehead atoms. The van der Waals surface area contributed by atoms with E-state index in [-0.39, 0.29) is 11.0 Å². The Hall–Kier alpha value is -5.14. The van der Waals surface area contributed by atoms with Gasteiger partial charge >= 0.3 is 0 Å². The van der Waals surface area contributed by atoms with Crippen molar-refractivity contribution in [2.45, 2.75) is 33.1 Å². The van der Waals surface area contributed by atoms with E-state index in [2.05, 4.69) is 74.0 Å². The summed E-state index contributed by atoms with van der Waals surface area (Å²) in [4.78, 5) is 21.9. The van der Waals surface area contributed by atoms with E-state index in [1.54, 1.807) is 4.57 Å². The molecular formula is C37H31N3O. The number of para-hydroxylation sites is 1. The van der Waals surface area contributed by atoms with Gasteiger partial charge in [0, 0.05) is 22.8 Å². The van der Waals surface area contributed by atoms with Crippen molar-refractivity contribution in [1.82, 2.24) is 14.5 Å². The maximum atomic E-state index is 13.8. The largest absolute Gasteiger partial charge is 0.361 e. The monoisotopic (exact) mass is 533 g/mol. The second-order valence-electron chi connectivity index (χ2n) is 11.4. The molecule has 200 valence electrons. The zero-order valence-electron chi connectivity index (χ0n) is 23.7. The number of benzene rings is 4. The van der Waals surface area contributed by atoms with E-state index in [1.807, 2.05) is 79.9 Å². The van der Waals surface area contributed by atoms with E-state index in [0.717, 1.165) is 38.8 Å². The van der Waals surface area contributed by atoms with Gasteiger partial charge in [-0.15, -0.1) is 0 Å². The molecule has 2 heterocycles. The molecule has 0 atom stereocenters. The maximum Gasteiger partial charge on any atom is 0.266 e. The summed E-state index contributed by atoms with van der Waals surface area (Å²) in [7, 11) is 0. The molecule has 0 aliphatic carbocycles. The van der Waals surface area contributed by atoms with Crippen LogP contribution < -0.4 is 5.56 Å². The van der Waals surface area contributed by atoms with Crippen LogP contribution in [0, 0.1) is 18.8 Å². The normalized spacial score (nSPS) is 11.7. The number of aromatic nitrogens is 3. The predicted octanol–water partition coefficient (Wildman–Crippen LogP) is 8.04. The standard InChI is InChI=1S/C37H31N3O/c1-25-23-27(10-9-26-11-16-30(17-12-26)37(2,3)4)14-19-34(25)40-35(39-33-8-6-5-7-31(33)36(40)41)20-15-28-13-18-32-29(24-28)21-22-38-32/h5-8,11-24,38H,1-4H3/b20-15+. The van der Waals surface area contributed by atoms with Crippen LogP contribution in [0.2, 0.25) is 0 Å². The van der Waals surface area contributed by atoms with Gasteiger partial charge in [0.25, 0.3) is 5.56 Å². The van der Waals surface area contributed by atoms with Crippen LogP contribution in [-0.4, -0.2) is 14.5 Å². The summed E-state index contributed by atoms with van der Waals surface area (Å²) in [5, 5.41) is 1.72. The van der Waals surface area contributed by atoms with Crippen LogP contribution in [0.3, 0.4) is 0 Å². The van der Waals surface area contributed by atoms with E-state index in [0.29, 0.717) is 16.7 Å². The van der Waals surface area contributed by atoms with Gasteiger partial charge in [-0.25, -0.2) is 4.98 Å². The lowest BCUT2D eigenvalue weighted by Crippen LogP contribution is -2.23. The highest BCUT2D eigenvalue weighted by Gasteiger charge is 2.14. The fourth-order valence-electron chi connectivity index (χ4n) is 5.02. The minimum atomic E-state index is -0.0998. The molecule has 0 aliphatic rings. The molecule has 0 spiro atoms. The summed E-state index contributed by atoms with van der Waals surface area (Å²) in [6, 6.07) is 30.1. The van der Waals surface area contributed by atoms with Crippen molar-refractivity contribution >= 4 is 34.0 Å². The van der Waals surface area contributed by atoms with Crippen LogP contribution in [0.25, 0.3) is 39.6 Å². The minimum absolute atomic E-state index is 0.0998. The molecule has 0 unspecified atom stereocenters. The number of hydrogen-bond donors (Lipinski definition) is 1. The van der Waals surface area contributed by atoms with Gasteiger partial charge in [-0.2, -0.15) is 0 Å². The van der Waals surface area contributed by atoms with Crippen LogP contribution in [-0.2, 0) is 5.41 Å². The summed E-state index contributed by atoms with van der Waals surface area (Å²) in [6.45, 7) is 8.63. The van der Waals surface area contributed by atoms with Gasteiger partial charge in [0.05, 0.1) is 16.6 Å². The number of hydrogen-bond acceptors (Lipinski definition) is 2. The van der Waals surface area contributed by atoms with Crippen molar-refractivity contribution in [2.24, 2.45) is 0 Å². The fraction of sp³-hybridized carbons (Fsp3) is 0.135. The predicted molar refractivity (Wildman–Crippen MR) is 170 cm³/mol. The smallest absolute Gasteiger partial charge is 0.266 e. The van der Waals surface area contributed by atoms with Gasteiger partial charge in [-0.05, 0) is 101 Å². The fourth-order valence-corrected chi connectivity index (χ4v) is 5.02. The first kappa shape index (κ1) is 26.1. The average molecular weight is 534 g/mol. The minimum Gasteiger partial charge on any atom is -0.361 e. The van der Waals surface area contributed by atoms with Crippen molar-refractivity contribution in [3.05, 3.63) is 141 Å². The molecule has 6 rings (SSSR count). The zero-order chi connectivity index (χ0) is 28.6. The third kappa shape index (κ3) is 5.35. The Bertz CT molecular complexity index is 2060. The number of fused-ring (bicyclic) bond motifs is 2. The van der Waals surface area contributed by atoms with Crippen molar-refractivity contribution in [3.8, 4) is 17.5 Å². The number of H-pyrrole nitrogens is 1. The maximum absolute atomic E-state index is 13.8. The third-order valence-electron chi connectivity index (χ3n) is 7.34. The van der Waals surface area contributed by atoms with Crippen LogP contribution >= 0.6 is 0 Å². The van der Waals surface area contributed by atoms with Crippen molar-refractivity contribution in [3.63, 3.8) is 0 Å². The van der Waals surface area contributed by atoms with Crippen LogP contribution in [0.5, 0.6) is 0 Å². The lowest BCUT2D eigenvalue weighted by atomic mass is 9.87. The van der Waals surface area contributed by atoms with Crippen LogP contribution in [0.15, 0.2) is 102 Å². The van der Waals surface area contributed by atoms with E-state index in [9.17, 15) is 4.79 Å². The molecule has 0 saturated heterocycles. The molecule has 4 nitrogen and oxygen atoms in total. The highest BCUT2D eigenvalue weighted by atomic mass is 16.1. The number of nitrogens with zero attached hydrogens (tertiary/aromatic N) is 2. The van der Waals surface area contributed by atoms with Gasteiger partial charge in [0.1, 0.15) is 5.82 Å². The SMILES string of the molecule is Cc1cc(C#Cc2ccc(C(C)(C)C)cc2)ccc1-n1c(/C=C/c2ccc3[nH]ccc3c2)nc2ccccc2c1=O. The Kier molecular flexibility index (Phi) is 6.65. The Morgan fingerprint density at radius 2 is 1.59 bits per heavy atom. The first-order valence-electron chi connectivity index (χ1n) is 13.8. The van der Waals surface area contributed by atoms with E-state index in [1.165, 1.54) is 5.56 Å². The Morgan fingerprint density at radius 1 is 0.829 bits per heavy atom. The van der Waals surface area contributed by atoms with Crippen molar-refractivity contribution < 1.29 is 0 Å².